The second-order valence-corrected chi connectivity index (χ2v) is 6.30. The van der Waals surface area contributed by atoms with Crippen LogP contribution in [0, 0.1) is 0 Å². The van der Waals surface area contributed by atoms with Gasteiger partial charge in [0.15, 0.2) is 0 Å². The molecule has 0 bridgehead atoms. The van der Waals surface area contributed by atoms with Crippen LogP contribution in [0.4, 0.5) is 0 Å². The van der Waals surface area contributed by atoms with Gasteiger partial charge in [-0.3, -0.25) is 4.55 Å². The number of fused-ring (bicyclic) bond motifs is 2. The minimum absolute atomic E-state index is 0. The molecule has 3 aromatic rings. The Morgan fingerprint density at radius 3 is 2.23 bits per heavy atom. The van der Waals surface area contributed by atoms with Crippen LogP contribution in [0.25, 0.3) is 21.5 Å². The quantitative estimate of drug-likeness (QED) is 0.432. The van der Waals surface area contributed by atoms with E-state index in [0.717, 1.165) is 16.2 Å². The third-order valence-corrected chi connectivity index (χ3v) is 4.54. The molecule has 0 aliphatic heterocycles. The first-order chi connectivity index (χ1) is 10.0. The Hall–Kier alpha value is -2.21. The Kier molecular flexibility index (Phi) is 4.32. The van der Waals surface area contributed by atoms with Gasteiger partial charge in [0.05, 0.1) is 0 Å². The van der Waals surface area contributed by atoms with E-state index in [1.165, 1.54) is 0 Å². The van der Waals surface area contributed by atoms with Gasteiger partial charge < -0.3 is 6.15 Å². The van der Waals surface area contributed by atoms with Crippen LogP contribution in [0.5, 0.6) is 0 Å². The first-order valence-corrected chi connectivity index (χ1v) is 7.97. The second kappa shape index (κ2) is 5.88. The molecule has 4 nitrogen and oxygen atoms in total. The molecule has 0 heterocycles. The number of benzene rings is 3. The molecule has 0 aliphatic rings. The van der Waals surface area contributed by atoms with Crippen molar-refractivity contribution in [1.29, 1.82) is 0 Å². The van der Waals surface area contributed by atoms with Gasteiger partial charge in [-0.2, -0.15) is 8.42 Å². The van der Waals surface area contributed by atoms with Gasteiger partial charge in [0, 0.05) is 5.39 Å². The number of rotatable bonds is 3. The first kappa shape index (κ1) is 16.2. The van der Waals surface area contributed by atoms with Gasteiger partial charge in [-0.15, -0.1) is 6.58 Å². The summed E-state index contributed by atoms with van der Waals surface area (Å²) in [6.45, 7) is 3.63. The highest BCUT2D eigenvalue weighted by molar-refractivity contribution is 7.86. The molecule has 0 fully saturated rings. The molecule has 0 amide bonds. The predicted molar refractivity (Wildman–Crippen MR) is 90.2 cm³/mol. The van der Waals surface area contributed by atoms with Gasteiger partial charge in [-0.1, -0.05) is 42.5 Å². The van der Waals surface area contributed by atoms with Crippen molar-refractivity contribution < 1.29 is 13.0 Å². The van der Waals surface area contributed by atoms with E-state index in [4.69, 9.17) is 0 Å². The minimum Gasteiger partial charge on any atom is -0.344 e. The topological polar surface area (TPSA) is 89.4 Å². The molecule has 4 N–H and O–H groups in total. The largest absolute Gasteiger partial charge is 0.344 e. The first-order valence-electron chi connectivity index (χ1n) is 6.53. The minimum atomic E-state index is -4.30. The van der Waals surface area contributed by atoms with Gasteiger partial charge >= 0.3 is 0 Å². The van der Waals surface area contributed by atoms with Crippen LogP contribution >= 0.6 is 0 Å². The highest BCUT2D eigenvalue weighted by Crippen LogP contribution is 2.31. The monoisotopic (exact) mass is 315 g/mol. The number of hydrogen-bond donors (Lipinski definition) is 2. The van der Waals surface area contributed by atoms with Crippen molar-refractivity contribution >= 4 is 31.7 Å². The normalized spacial score (nSPS) is 11.3. The lowest BCUT2D eigenvalue weighted by Crippen LogP contribution is -2.04. The van der Waals surface area contributed by atoms with Crippen LogP contribution in [0.2, 0.25) is 0 Å². The molecule has 0 unspecified atom stereocenters. The molecule has 0 aromatic heterocycles. The summed E-state index contributed by atoms with van der Waals surface area (Å²) in [5, 5.41) is 3.29. The van der Waals surface area contributed by atoms with Crippen molar-refractivity contribution in [2.75, 3.05) is 0 Å². The summed E-state index contributed by atoms with van der Waals surface area (Å²) < 4.78 is 33.2. The summed E-state index contributed by atoms with van der Waals surface area (Å²) in [6.07, 6.45) is 2.01. The summed E-state index contributed by atoms with van der Waals surface area (Å²) in [6, 6.07) is 15.1. The lowest BCUT2D eigenvalue weighted by Gasteiger charge is -2.10. The van der Waals surface area contributed by atoms with Gasteiger partial charge in [0.25, 0.3) is 10.1 Å². The van der Waals surface area contributed by atoms with E-state index in [1.807, 2.05) is 36.4 Å². The summed E-state index contributed by atoms with van der Waals surface area (Å²) >= 11 is 0. The SMILES string of the molecule is C=CCc1ccc2cc3ccccc3cc2c1S(=O)(=O)O.N. The van der Waals surface area contributed by atoms with E-state index in [9.17, 15) is 13.0 Å². The van der Waals surface area contributed by atoms with Crippen LogP contribution in [-0.4, -0.2) is 13.0 Å². The zero-order valence-corrected chi connectivity index (χ0v) is 12.8. The van der Waals surface area contributed by atoms with Gasteiger partial charge in [-0.25, -0.2) is 0 Å². The van der Waals surface area contributed by atoms with Crippen molar-refractivity contribution in [3.8, 4) is 0 Å². The molecular weight excluding hydrogens is 298 g/mol. The van der Waals surface area contributed by atoms with Crippen LogP contribution < -0.4 is 6.15 Å². The Morgan fingerprint density at radius 1 is 1.00 bits per heavy atom. The molecule has 22 heavy (non-hydrogen) atoms. The maximum atomic E-state index is 11.8. The fraction of sp³-hybridized carbons (Fsp3) is 0.0588. The van der Waals surface area contributed by atoms with Crippen LogP contribution in [-0.2, 0) is 16.5 Å². The molecule has 0 aliphatic carbocycles. The maximum Gasteiger partial charge on any atom is 0.295 e. The van der Waals surface area contributed by atoms with Crippen molar-refractivity contribution in [1.82, 2.24) is 6.15 Å². The summed E-state index contributed by atoms with van der Waals surface area (Å²) in [5.74, 6) is 0. The fourth-order valence-corrected chi connectivity index (χ4v) is 3.59. The van der Waals surface area contributed by atoms with E-state index < -0.39 is 10.1 Å². The van der Waals surface area contributed by atoms with Crippen molar-refractivity contribution in [3.63, 3.8) is 0 Å². The van der Waals surface area contributed by atoms with E-state index >= 15 is 0 Å². The lowest BCUT2D eigenvalue weighted by atomic mass is 10.0. The van der Waals surface area contributed by atoms with Crippen LogP contribution in [0.3, 0.4) is 0 Å². The molecule has 0 atom stereocenters. The van der Waals surface area contributed by atoms with Gasteiger partial charge in [-0.05, 0) is 40.3 Å². The van der Waals surface area contributed by atoms with Crippen LogP contribution in [0.15, 0.2) is 66.1 Å². The number of allylic oxidation sites excluding steroid dienone is 1. The average molecular weight is 315 g/mol. The summed E-state index contributed by atoms with van der Waals surface area (Å²) in [5.41, 5.74) is 0.551. The van der Waals surface area contributed by atoms with Crippen molar-refractivity contribution in [2.24, 2.45) is 0 Å². The zero-order chi connectivity index (χ0) is 15.0. The smallest absolute Gasteiger partial charge is 0.295 e. The molecule has 3 aromatic carbocycles. The summed E-state index contributed by atoms with van der Waals surface area (Å²) in [4.78, 5) is -0.0225. The van der Waals surface area contributed by atoms with E-state index in [2.05, 4.69) is 6.58 Å². The zero-order valence-electron chi connectivity index (χ0n) is 12.0. The van der Waals surface area contributed by atoms with Crippen LogP contribution in [0.1, 0.15) is 5.56 Å². The van der Waals surface area contributed by atoms with Gasteiger partial charge in [0.1, 0.15) is 4.90 Å². The van der Waals surface area contributed by atoms with E-state index in [-0.39, 0.29) is 11.0 Å². The Bertz CT molecular complexity index is 962. The molecule has 114 valence electrons. The van der Waals surface area contributed by atoms with Crippen molar-refractivity contribution in [3.05, 3.63) is 66.7 Å². The highest BCUT2D eigenvalue weighted by atomic mass is 32.2. The van der Waals surface area contributed by atoms with Gasteiger partial charge in [0.2, 0.25) is 0 Å². The second-order valence-electron chi connectivity index (χ2n) is 4.94. The van der Waals surface area contributed by atoms with E-state index in [0.29, 0.717) is 17.4 Å². The third kappa shape index (κ3) is 2.74. The van der Waals surface area contributed by atoms with Crippen molar-refractivity contribution in [2.45, 2.75) is 11.3 Å². The molecule has 0 saturated heterocycles. The molecule has 3 rings (SSSR count). The highest BCUT2D eigenvalue weighted by Gasteiger charge is 2.19. The summed E-state index contributed by atoms with van der Waals surface area (Å²) in [7, 11) is -4.30. The maximum absolute atomic E-state index is 11.8. The number of hydrogen-bond acceptors (Lipinski definition) is 3. The Balaban J connectivity index is 0.00000176. The van der Waals surface area contributed by atoms with E-state index in [1.54, 1.807) is 18.2 Å². The lowest BCUT2D eigenvalue weighted by molar-refractivity contribution is 0.483. The fourth-order valence-electron chi connectivity index (χ4n) is 2.65. The molecule has 5 heteroatoms. The molecular formula is C17H17NO3S. The third-order valence-electron chi connectivity index (χ3n) is 3.54. The molecule has 0 spiro atoms. The Morgan fingerprint density at radius 2 is 1.64 bits per heavy atom. The molecule has 0 saturated carbocycles. The average Bonchev–Trinajstić information content (AvgIpc) is 2.44. The predicted octanol–water partition coefficient (Wildman–Crippen LogP) is 4.13. The molecule has 0 radical (unpaired) electrons. The standard InChI is InChI=1S/C17H14O3S.H3N/c1-2-5-12-8-9-15-10-13-6-3-4-7-14(13)11-16(15)17(12)21(18,19)20;/h2-4,6-11H,1,5H2,(H,18,19,20);1H3. The Labute approximate surface area is 129 Å².